The molecule has 33 heavy (non-hydrogen) atoms. The number of hydrogen-bond acceptors (Lipinski definition) is 7. The molecule has 0 saturated heterocycles. The first-order valence-electron chi connectivity index (χ1n) is 9.62. The van der Waals surface area contributed by atoms with Crippen molar-refractivity contribution in [3.05, 3.63) is 66.6 Å². The molecule has 2 heterocycles. The van der Waals surface area contributed by atoms with Crippen molar-refractivity contribution in [2.75, 3.05) is 12.5 Å². The zero-order chi connectivity index (χ0) is 24.0. The third-order valence-electron chi connectivity index (χ3n) is 4.96. The van der Waals surface area contributed by atoms with Crippen molar-refractivity contribution in [3.63, 3.8) is 0 Å². The maximum Gasteiger partial charge on any atom is 0.247 e. The van der Waals surface area contributed by atoms with Crippen molar-refractivity contribution >= 4 is 19.7 Å². The normalized spacial score (nSPS) is 12.1. The van der Waals surface area contributed by atoms with E-state index in [2.05, 4.69) is 9.97 Å². The van der Waals surface area contributed by atoms with E-state index in [4.69, 9.17) is 4.98 Å². The molecule has 0 aliphatic carbocycles. The average molecular weight is 487 g/mol. The van der Waals surface area contributed by atoms with Crippen LogP contribution in [0.4, 0.5) is 4.39 Å². The Morgan fingerprint density at radius 3 is 1.97 bits per heavy atom. The second-order valence-corrected chi connectivity index (χ2v) is 11.4. The lowest BCUT2D eigenvalue weighted by atomic mass is 10.1. The summed E-state index contributed by atoms with van der Waals surface area (Å²) >= 11 is 0. The molecule has 0 saturated carbocycles. The molecule has 2 aromatic carbocycles. The van der Waals surface area contributed by atoms with Crippen LogP contribution in [0.15, 0.2) is 70.8 Å². The van der Waals surface area contributed by atoms with Crippen molar-refractivity contribution in [2.24, 2.45) is 7.05 Å². The number of benzene rings is 2. The topological polar surface area (TPSA) is 112 Å². The van der Waals surface area contributed by atoms with Crippen molar-refractivity contribution < 1.29 is 21.2 Å². The minimum atomic E-state index is -3.65. The summed E-state index contributed by atoms with van der Waals surface area (Å²) in [7, 11) is -5.28. The maximum atomic E-state index is 13.5. The number of hydrogen-bond donors (Lipinski definition) is 0. The molecule has 0 unspecified atom stereocenters. The molecule has 0 atom stereocenters. The highest BCUT2D eigenvalue weighted by Crippen LogP contribution is 2.35. The van der Waals surface area contributed by atoms with E-state index < -0.39 is 25.5 Å². The van der Waals surface area contributed by atoms with E-state index >= 15 is 0 Å². The summed E-state index contributed by atoms with van der Waals surface area (Å²) in [6, 6.07) is 13.6. The second-order valence-electron chi connectivity index (χ2n) is 7.49. The summed E-state index contributed by atoms with van der Waals surface area (Å²) in [5.41, 5.74) is 2.50. The van der Waals surface area contributed by atoms with E-state index in [0.29, 0.717) is 34.0 Å². The molecule has 0 amide bonds. The lowest BCUT2D eigenvalue weighted by Gasteiger charge is -2.08. The first kappa shape index (κ1) is 22.7. The molecule has 0 aliphatic heterocycles. The molecule has 0 bridgehead atoms. The predicted octanol–water partition coefficient (Wildman–Crippen LogP) is 3.16. The lowest BCUT2D eigenvalue weighted by molar-refractivity contribution is 0.592. The van der Waals surface area contributed by atoms with Crippen LogP contribution in [0.1, 0.15) is 0 Å². The summed E-state index contributed by atoms with van der Waals surface area (Å²) < 4.78 is 62.8. The lowest BCUT2D eigenvalue weighted by Crippen LogP contribution is -2.06. The van der Waals surface area contributed by atoms with E-state index in [-0.39, 0.29) is 10.1 Å². The van der Waals surface area contributed by atoms with Crippen LogP contribution in [0.5, 0.6) is 0 Å². The number of halogens is 1. The van der Waals surface area contributed by atoms with E-state index in [0.717, 1.165) is 12.5 Å². The van der Waals surface area contributed by atoms with Crippen LogP contribution in [0.2, 0.25) is 0 Å². The van der Waals surface area contributed by atoms with Crippen LogP contribution in [0, 0.1) is 5.82 Å². The first-order chi connectivity index (χ1) is 15.4. The summed E-state index contributed by atoms with van der Waals surface area (Å²) in [4.78, 5) is 13.0. The first-order valence-corrected chi connectivity index (χ1v) is 13.4. The largest absolute Gasteiger partial charge is 0.325 e. The molecule has 0 radical (unpaired) electrons. The summed E-state index contributed by atoms with van der Waals surface area (Å²) in [6.07, 6.45) is 3.49. The fourth-order valence-corrected chi connectivity index (χ4v) is 4.51. The van der Waals surface area contributed by atoms with Gasteiger partial charge in [0.1, 0.15) is 11.6 Å². The van der Waals surface area contributed by atoms with E-state index in [1.54, 1.807) is 41.9 Å². The Balaban J connectivity index is 1.96. The van der Waals surface area contributed by atoms with Crippen molar-refractivity contribution in [2.45, 2.75) is 10.1 Å². The predicted molar refractivity (Wildman–Crippen MR) is 121 cm³/mol. The summed E-state index contributed by atoms with van der Waals surface area (Å²) in [5, 5.41) is -0.328. The van der Waals surface area contributed by atoms with Gasteiger partial charge in [0, 0.05) is 36.9 Å². The standard InChI is InChI=1S/C22H19FN4O4S2/c1-27-20(18-12-13-24-22(25-18)33(3,30)31)19(14-4-8-16(23)9-5-14)26-21(27)15-6-10-17(11-7-15)32(2,28)29/h4-13H,1-3H3. The monoisotopic (exact) mass is 486 g/mol. The molecule has 0 N–H and O–H groups in total. The molecule has 0 fully saturated rings. The van der Waals surface area contributed by atoms with Gasteiger partial charge >= 0.3 is 0 Å². The van der Waals surface area contributed by atoms with Gasteiger partial charge in [0.2, 0.25) is 15.0 Å². The van der Waals surface area contributed by atoms with Crippen LogP contribution in [-0.2, 0) is 26.7 Å². The van der Waals surface area contributed by atoms with Gasteiger partial charge in [-0.3, -0.25) is 0 Å². The zero-order valence-electron chi connectivity index (χ0n) is 17.9. The van der Waals surface area contributed by atoms with E-state index in [1.165, 1.54) is 30.5 Å². The SMILES string of the molecule is Cn1c(-c2ccc(S(C)(=O)=O)cc2)nc(-c2ccc(F)cc2)c1-c1ccnc(S(C)(=O)=O)n1. The van der Waals surface area contributed by atoms with Gasteiger partial charge in [0.05, 0.1) is 22.0 Å². The van der Waals surface area contributed by atoms with Gasteiger partial charge in [-0.05, 0) is 54.6 Å². The van der Waals surface area contributed by atoms with Gasteiger partial charge < -0.3 is 4.57 Å². The summed E-state index contributed by atoms with van der Waals surface area (Å²) in [5.74, 6) is 0.0816. The van der Waals surface area contributed by atoms with Gasteiger partial charge in [0.15, 0.2) is 9.84 Å². The highest BCUT2D eigenvalue weighted by Gasteiger charge is 2.22. The number of imidazole rings is 1. The fraction of sp³-hybridized carbons (Fsp3) is 0.136. The Kier molecular flexibility index (Phi) is 5.62. The number of rotatable bonds is 5. The van der Waals surface area contributed by atoms with Crippen molar-refractivity contribution in [1.82, 2.24) is 19.5 Å². The molecule has 170 valence electrons. The van der Waals surface area contributed by atoms with Crippen molar-refractivity contribution in [1.29, 1.82) is 0 Å². The molecule has 11 heteroatoms. The Morgan fingerprint density at radius 1 is 0.788 bits per heavy atom. The van der Waals surface area contributed by atoms with Crippen LogP contribution >= 0.6 is 0 Å². The van der Waals surface area contributed by atoms with Crippen LogP contribution in [-0.4, -0.2) is 48.9 Å². The van der Waals surface area contributed by atoms with Gasteiger partial charge in [0.25, 0.3) is 0 Å². The second kappa shape index (κ2) is 8.16. The molecular weight excluding hydrogens is 467 g/mol. The smallest absolute Gasteiger partial charge is 0.247 e. The minimum absolute atomic E-state index is 0.174. The highest BCUT2D eigenvalue weighted by molar-refractivity contribution is 7.90. The Bertz CT molecular complexity index is 1560. The number of nitrogens with zero attached hydrogens (tertiary/aromatic N) is 4. The quantitative estimate of drug-likeness (QED) is 0.398. The molecule has 0 spiro atoms. The van der Waals surface area contributed by atoms with E-state index in [9.17, 15) is 21.2 Å². The average Bonchev–Trinajstić information content (AvgIpc) is 3.10. The molecular formula is C22H19FN4O4S2. The van der Waals surface area contributed by atoms with Crippen molar-refractivity contribution in [3.8, 4) is 34.0 Å². The van der Waals surface area contributed by atoms with Gasteiger partial charge in [-0.25, -0.2) is 36.2 Å². The van der Waals surface area contributed by atoms with Gasteiger partial charge in [-0.15, -0.1) is 0 Å². The molecule has 2 aromatic heterocycles. The van der Waals surface area contributed by atoms with E-state index in [1.807, 2.05) is 0 Å². The molecule has 4 rings (SSSR count). The highest BCUT2D eigenvalue weighted by atomic mass is 32.2. The van der Waals surface area contributed by atoms with Crippen LogP contribution < -0.4 is 0 Å². The Hall–Kier alpha value is -3.44. The fourth-order valence-electron chi connectivity index (χ4n) is 3.36. The molecule has 0 aliphatic rings. The van der Waals surface area contributed by atoms with Gasteiger partial charge in [-0.2, -0.15) is 0 Å². The molecule has 4 aromatic rings. The van der Waals surface area contributed by atoms with Crippen LogP contribution in [0.3, 0.4) is 0 Å². The maximum absolute atomic E-state index is 13.5. The zero-order valence-corrected chi connectivity index (χ0v) is 19.5. The molecule has 8 nitrogen and oxygen atoms in total. The summed E-state index contributed by atoms with van der Waals surface area (Å²) in [6.45, 7) is 0. The third-order valence-corrected chi connectivity index (χ3v) is 6.95. The Labute approximate surface area is 190 Å². The van der Waals surface area contributed by atoms with Crippen LogP contribution in [0.25, 0.3) is 34.0 Å². The number of sulfone groups is 2. The Morgan fingerprint density at radius 2 is 1.39 bits per heavy atom. The number of aromatic nitrogens is 4. The third kappa shape index (κ3) is 4.55. The minimum Gasteiger partial charge on any atom is -0.325 e. The van der Waals surface area contributed by atoms with Gasteiger partial charge in [-0.1, -0.05) is 0 Å².